The average molecular weight is 1840 g/mol. The Hall–Kier alpha value is 3.30. The van der Waals surface area contributed by atoms with E-state index in [1.54, 1.807) is 0 Å². The molecule has 0 aliphatic carbocycles. The summed E-state index contributed by atoms with van der Waals surface area (Å²) in [4.78, 5) is 15.9. The molecule has 99 heavy (non-hydrogen) atoms. The summed E-state index contributed by atoms with van der Waals surface area (Å²) in [6.07, 6.45) is 0. The van der Waals surface area contributed by atoms with Gasteiger partial charge in [0.25, 0.3) is 0 Å². The standard InChI is InChI=1S/C63H36N4O2S.H31P29/c1-3-15-37(16-4-1)39-31-33-51-48(35-39)42-19-7-9-26-50(42)67(51)63-65-61(38-17-5-2-6-18-38)64-62(66-63)47-25-13-27-53-58(47)49-36-40(32-34-52(49)68-53)41-21-12-28-54-57(41)46-24-11-23-44(60(46)69-54)43-22-14-30-56-59(43)45-20-8-10-29-55(45)70-56;1-16-24(17(2)3)28(25(18(4)5)19(6)7)29(26(20(8)9)21(10)11)27(22(12)13)23(14)15/h1-36H;16H,1-15H2. The van der Waals surface area contributed by atoms with Crippen LogP contribution in [0, 0.1) is 0 Å². The van der Waals surface area contributed by atoms with Crippen LogP contribution >= 0.6 is 244 Å². The van der Waals surface area contributed by atoms with Gasteiger partial charge in [0.05, 0.1) is 11.0 Å². The Balaban J connectivity index is 0.000000246. The summed E-state index contributed by atoms with van der Waals surface area (Å²) in [5.41, 5.74) is 13.7. The van der Waals surface area contributed by atoms with Gasteiger partial charge in [-0.1, -0.05) is 172 Å². The topological polar surface area (TPSA) is 69.9 Å². The summed E-state index contributed by atoms with van der Waals surface area (Å²) in [6.45, 7) is 0.173. The number of benzene rings is 10. The van der Waals surface area contributed by atoms with Crippen molar-refractivity contribution in [2.24, 2.45) is 0 Å². The minimum atomic E-state index is -0.0415. The minimum Gasteiger partial charge on any atom is -0.456 e. The van der Waals surface area contributed by atoms with Crippen molar-refractivity contribution in [2.75, 3.05) is 0 Å². The van der Waals surface area contributed by atoms with E-state index in [1.807, 2.05) is 41.7 Å². The van der Waals surface area contributed by atoms with E-state index in [9.17, 15) is 0 Å². The maximum absolute atomic E-state index is 6.89. The molecule has 0 fully saturated rings. The SMILES string of the molecule is PPP(P(P)P)P(P(P(P)P)P(P)P)P(P(P(P)P)P(P)P)P(P(P)P)P(P)P.c1ccc(-c2ccc3c(c2)c2ccccc2n3-c2nc(-c3ccccc3)nc(-c3cccc4oc5ccc(-c6cccc7oc8c(-c9cccc%10sc%11ccccc%11c9%10)cccc8c67)cc5c34)n2)cc1. The molecule has 5 aromatic heterocycles. The molecular formula is C63H67N4O2P29S. The monoisotopic (exact) mass is 1840 g/mol. The zero-order valence-corrected chi connectivity index (χ0v) is 83.0. The first-order valence-corrected chi connectivity index (χ1v) is 83.0. The van der Waals surface area contributed by atoms with Gasteiger partial charge in [-0.05, 0) is 173 Å². The Kier molecular flexibility index (Phi) is 28.4. The van der Waals surface area contributed by atoms with E-state index in [0.29, 0.717) is 17.6 Å². The molecule has 0 aliphatic heterocycles. The van der Waals surface area contributed by atoms with Crippen molar-refractivity contribution in [3.05, 3.63) is 218 Å². The number of rotatable bonds is 19. The van der Waals surface area contributed by atoms with Crippen LogP contribution in [0.4, 0.5) is 0 Å². The molecule has 10 aromatic carbocycles. The zero-order valence-electron chi connectivity index (χ0n) is 52.3. The second-order valence-electron chi connectivity index (χ2n) is 22.3. The number of aromatic nitrogens is 4. The first-order valence-electron chi connectivity index (χ1n) is 29.9. The molecule has 0 amide bonds. The fourth-order valence-electron chi connectivity index (χ4n) is 12.3. The molecule has 18 atom stereocenters. The van der Waals surface area contributed by atoms with Gasteiger partial charge in [-0.15, -0.1) is 145 Å². The predicted octanol–water partition coefficient (Wildman–Crippen LogP) is 34.1. The molecule has 0 bridgehead atoms. The van der Waals surface area contributed by atoms with Gasteiger partial charge in [0.15, 0.2) is 11.6 Å². The number of hydrogen-bond acceptors (Lipinski definition) is 6. The number of hydrogen-bond donors (Lipinski definition) is 0. The van der Waals surface area contributed by atoms with Crippen LogP contribution in [-0.2, 0) is 0 Å². The smallest absolute Gasteiger partial charge is 0.238 e. The molecule has 502 valence electrons. The van der Waals surface area contributed by atoms with E-state index in [2.05, 4.69) is 327 Å². The van der Waals surface area contributed by atoms with Crippen LogP contribution < -0.4 is 0 Å². The summed E-state index contributed by atoms with van der Waals surface area (Å²) >= 11 is 1.83. The van der Waals surface area contributed by atoms with Crippen molar-refractivity contribution in [3.8, 4) is 62.1 Å². The van der Waals surface area contributed by atoms with Gasteiger partial charge in [0.1, 0.15) is 22.3 Å². The molecule has 0 saturated heterocycles. The van der Waals surface area contributed by atoms with Crippen molar-refractivity contribution in [3.63, 3.8) is 0 Å². The lowest BCUT2D eigenvalue weighted by Crippen LogP contribution is -2.06. The normalized spacial score (nSPS) is 13.3. The van der Waals surface area contributed by atoms with Crippen LogP contribution in [0.3, 0.4) is 0 Å². The Labute approximate surface area is 632 Å². The fraction of sp³-hybridized carbons (Fsp3) is 0. The summed E-state index contributed by atoms with van der Waals surface area (Å²) in [6, 6.07) is 76.6. The van der Waals surface area contributed by atoms with Crippen molar-refractivity contribution >= 4 is 330 Å². The molecule has 5 heterocycles. The number of nitrogens with zero attached hydrogens (tertiary/aromatic N) is 4. The Morgan fingerprint density at radius 3 is 1.49 bits per heavy atom. The molecule has 18 unspecified atom stereocenters. The number of fused-ring (bicyclic) bond motifs is 12. The molecule has 0 radical (unpaired) electrons. The van der Waals surface area contributed by atoms with Gasteiger partial charge in [0, 0.05) is 69.2 Å². The minimum absolute atomic E-state index is 0.0147. The van der Waals surface area contributed by atoms with Crippen molar-refractivity contribution in [1.29, 1.82) is 0 Å². The lowest BCUT2D eigenvalue weighted by atomic mass is 9.95. The fourth-order valence-corrected chi connectivity index (χ4v) is 391. The van der Waals surface area contributed by atoms with Gasteiger partial charge < -0.3 is 8.83 Å². The molecule has 0 spiro atoms. The Bertz CT molecular complexity index is 5410. The summed E-state index contributed by atoms with van der Waals surface area (Å²) in [7, 11) is 50.2. The molecule has 15 rings (SSSR count). The first kappa shape index (κ1) is 79.0. The lowest BCUT2D eigenvalue weighted by Gasteiger charge is -2.51. The van der Waals surface area contributed by atoms with Crippen LogP contribution in [0.5, 0.6) is 0 Å². The zero-order chi connectivity index (χ0) is 69.1. The van der Waals surface area contributed by atoms with E-state index in [1.165, 1.54) is 31.3 Å². The molecule has 0 N–H and O–H groups in total. The van der Waals surface area contributed by atoms with Gasteiger partial charge >= 0.3 is 0 Å². The van der Waals surface area contributed by atoms with Crippen LogP contribution in [-0.4, -0.2) is 19.5 Å². The maximum atomic E-state index is 6.89. The quantitative estimate of drug-likeness (QED) is 0.0755. The maximum Gasteiger partial charge on any atom is 0.238 e. The second-order valence-corrected chi connectivity index (χ2v) is 138. The van der Waals surface area contributed by atoms with Crippen molar-refractivity contribution < 1.29 is 8.83 Å². The highest BCUT2D eigenvalue weighted by molar-refractivity contribution is 9.43. The average Bonchev–Trinajstić information content (AvgIpc) is 1.61. The van der Waals surface area contributed by atoms with Crippen molar-refractivity contribution in [2.45, 2.75) is 0 Å². The molecular weight excluding hydrogens is 1780 g/mol. The third-order valence-electron chi connectivity index (χ3n) is 16.3. The van der Waals surface area contributed by atoms with E-state index < -0.39 is 0 Å². The van der Waals surface area contributed by atoms with E-state index >= 15 is 0 Å². The number of para-hydroxylation sites is 2. The van der Waals surface area contributed by atoms with E-state index in [-0.39, 0.29) is 90.8 Å². The Morgan fingerprint density at radius 2 is 0.828 bits per heavy atom. The van der Waals surface area contributed by atoms with Crippen LogP contribution in [0.25, 0.3) is 148 Å². The van der Waals surface area contributed by atoms with Gasteiger partial charge in [0.2, 0.25) is 5.95 Å². The van der Waals surface area contributed by atoms with E-state index in [0.717, 1.165) is 107 Å². The van der Waals surface area contributed by atoms with Gasteiger partial charge in [-0.25, -0.2) is 4.98 Å². The van der Waals surface area contributed by atoms with Crippen LogP contribution in [0.15, 0.2) is 227 Å². The second kappa shape index (κ2) is 35.6. The lowest BCUT2D eigenvalue weighted by molar-refractivity contribution is 0.669. The van der Waals surface area contributed by atoms with Crippen molar-refractivity contribution in [1.82, 2.24) is 19.5 Å². The molecule has 0 saturated carbocycles. The molecule has 6 nitrogen and oxygen atoms in total. The highest BCUT2D eigenvalue weighted by atomic mass is 33.5. The molecule has 36 heteroatoms. The van der Waals surface area contributed by atoms with Gasteiger partial charge in [-0.3, -0.25) is 4.57 Å². The van der Waals surface area contributed by atoms with Crippen LogP contribution in [0.1, 0.15) is 0 Å². The largest absolute Gasteiger partial charge is 0.456 e. The Morgan fingerprint density at radius 1 is 0.323 bits per heavy atom. The molecule has 0 aliphatic rings. The van der Waals surface area contributed by atoms with Gasteiger partial charge in [-0.2, -0.15) is 9.97 Å². The summed E-state index contributed by atoms with van der Waals surface area (Å²) in [5.74, 6) is 1.67. The first-order chi connectivity index (χ1) is 47.9. The highest BCUT2D eigenvalue weighted by Crippen LogP contribution is 3.37. The van der Waals surface area contributed by atoms with E-state index in [4.69, 9.17) is 23.8 Å². The number of furan rings is 2. The predicted molar refractivity (Wildman–Crippen MR) is 533 cm³/mol. The third kappa shape index (κ3) is 16.6. The summed E-state index contributed by atoms with van der Waals surface area (Å²) < 4.78 is 18.3. The highest BCUT2D eigenvalue weighted by Gasteiger charge is 2.50. The molecule has 15 aromatic rings. The van der Waals surface area contributed by atoms with Crippen LogP contribution in [0.2, 0.25) is 0 Å². The summed E-state index contributed by atoms with van der Waals surface area (Å²) in [5, 5.41) is 8.83. The third-order valence-corrected chi connectivity index (χ3v) is 208. The number of thiophene rings is 1.